The lowest BCUT2D eigenvalue weighted by Gasteiger charge is -2.02. The minimum atomic E-state index is -0.418. The van der Waals surface area contributed by atoms with Gasteiger partial charge in [-0.05, 0) is 26.1 Å². The molecule has 18 heavy (non-hydrogen) atoms. The lowest BCUT2D eigenvalue weighted by molar-refractivity contribution is -0.384. The minimum Gasteiger partial charge on any atom is -0.311 e. The Morgan fingerprint density at radius 1 is 1.33 bits per heavy atom. The van der Waals surface area contributed by atoms with Crippen LogP contribution in [0.4, 0.5) is 5.69 Å². The van der Waals surface area contributed by atoms with Gasteiger partial charge in [0.15, 0.2) is 0 Å². The maximum atomic E-state index is 10.6. The van der Waals surface area contributed by atoms with Gasteiger partial charge in [0.05, 0.1) is 11.0 Å². The predicted octanol–water partition coefficient (Wildman–Crippen LogP) is 2.39. The topological polar surface area (TPSA) is 81.0 Å². The van der Waals surface area contributed by atoms with Crippen LogP contribution in [0.5, 0.6) is 0 Å². The van der Waals surface area contributed by atoms with Gasteiger partial charge in [-0.15, -0.1) is 10.2 Å². The van der Waals surface area contributed by atoms with Crippen molar-refractivity contribution in [2.75, 3.05) is 7.05 Å². The van der Waals surface area contributed by atoms with E-state index in [1.54, 1.807) is 12.1 Å². The summed E-state index contributed by atoms with van der Waals surface area (Å²) in [4.78, 5) is 10.1. The monoisotopic (exact) mass is 264 g/mol. The smallest absolute Gasteiger partial charge is 0.269 e. The molecule has 0 amide bonds. The van der Waals surface area contributed by atoms with Gasteiger partial charge in [-0.3, -0.25) is 10.1 Å². The second-order valence-corrected chi connectivity index (χ2v) is 4.77. The van der Waals surface area contributed by atoms with Crippen LogP contribution in [-0.2, 0) is 0 Å². The molecule has 6 nitrogen and oxygen atoms in total. The van der Waals surface area contributed by atoms with Gasteiger partial charge in [0, 0.05) is 17.7 Å². The summed E-state index contributed by atoms with van der Waals surface area (Å²) < 4.78 is 0. The number of nitrogens with zero attached hydrogens (tertiary/aromatic N) is 3. The summed E-state index contributed by atoms with van der Waals surface area (Å²) in [5.74, 6) is 0. The van der Waals surface area contributed by atoms with E-state index in [0.29, 0.717) is 0 Å². The van der Waals surface area contributed by atoms with E-state index in [0.717, 1.165) is 15.6 Å². The van der Waals surface area contributed by atoms with Crippen LogP contribution in [0.2, 0.25) is 0 Å². The maximum absolute atomic E-state index is 10.6. The Kier molecular flexibility index (Phi) is 3.63. The zero-order valence-electron chi connectivity index (χ0n) is 9.95. The summed E-state index contributed by atoms with van der Waals surface area (Å²) in [6, 6.07) is 6.46. The molecule has 1 aromatic heterocycles. The number of nitrogens with one attached hydrogen (secondary N) is 1. The third-order valence-electron chi connectivity index (χ3n) is 2.57. The zero-order valence-corrected chi connectivity index (χ0v) is 10.8. The molecule has 0 aliphatic rings. The van der Waals surface area contributed by atoms with Gasteiger partial charge < -0.3 is 5.32 Å². The molecule has 94 valence electrons. The molecular formula is C11H12N4O2S. The van der Waals surface area contributed by atoms with Crippen LogP contribution in [0.3, 0.4) is 0 Å². The molecule has 0 saturated heterocycles. The van der Waals surface area contributed by atoms with E-state index >= 15 is 0 Å². The Morgan fingerprint density at radius 2 is 2.00 bits per heavy atom. The highest BCUT2D eigenvalue weighted by Crippen LogP contribution is 2.27. The van der Waals surface area contributed by atoms with Gasteiger partial charge in [0.25, 0.3) is 5.69 Å². The molecule has 1 N–H and O–H groups in total. The number of non-ortho nitro benzene ring substituents is 1. The Morgan fingerprint density at radius 3 is 2.56 bits per heavy atom. The molecule has 1 aromatic carbocycles. The lowest BCUT2D eigenvalue weighted by Crippen LogP contribution is -2.11. The van der Waals surface area contributed by atoms with E-state index in [1.807, 2.05) is 14.0 Å². The average molecular weight is 264 g/mol. The van der Waals surface area contributed by atoms with E-state index < -0.39 is 4.92 Å². The van der Waals surface area contributed by atoms with Crippen molar-refractivity contribution in [3.63, 3.8) is 0 Å². The number of rotatable bonds is 4. The number of aromatic nitrogens is 2. The van der Waals surface area contributed by atoms with E-state index in [4.69, 9.17) is 0 Å². The van der Waals surface area contributed by atoms with Crippen LogP contribution in [0.15, 0.2) is 24.3 Å². The quantitative estimate of drug-likeness (QED) is 0.677. The third-order valence-corrected chi connectivity index (χ3v) is 3.72. The molecule has 0 bridgehead atoms. The third kappa shape index (κ3) is 2.52. The minimum absolute atomic E-state index is 0.0760. The lowest BCUT2D eigenvalue weighted by atomic mass is 10.2. The van der Waals surface area contributed by atoms with Crippen LogP contribution < -0.4 is 5.32 Å². The Balaban J connectivity index is 2.26. The molecule has 0 spiro atoms. The second kappa shape index (κ2) is 5.19. The Labute approximate surface area is 108 Å². The second-order valence-electron chi connectivity index (χ2n) is 3.76. The van der Waals surface area contributed by atoms with Gasteiger partial charge in [-0.1, -0.05) is 11.3 Å². The summed E-state index contributed by atoms with van der Waals surface area (Å²) in [7, 11) is 1.86. The number of nitro groups is 1. The van der Waals surface area contributed by atoms with Gasteiger partial charge in [-0.25, -0.2) is 0 Å². The molecule has 2 aromatic rings. The van der Waals surface area contributed by atoms with Crippen LogP contribution in [0, 0.1) is 10.1 Å². The molecule has 0 fully saturated rings. The van der Waals surface area contributed by atoms with Crippen molar-refractivity contribution in [1.29, 1.82) is 0 Å². The highest BCUT2D eigenvalue weighted by molar-refractivity contribution is 7.14. The Bertz CT molecular complexity index is 552. The summed E-state index contributed by atoms with van der Waals surface area (Å²) >= 11 is 1.48. The highest BCUT2D eigenvalue weighted by Gasteiger charge is 2.12. The maximum Gasteiger partial charge on any atom is 0.269 e. The summed E-state index contributed by atoms with van der Waals surface area (Å²) in [5, 5.41) is 23.5. The van der Waals surface area contributed by atoms with Crippen molar-refractivity contribution in [3.05, 3.63) is 39.4 Å². The molecule has 0 saturated carbocycles. The van der Waals surface area contributed by atoms with E-state index in [9.17, 15) is 10.1 Å². The summed E-state index contributed by atoms with van der Waals surface area (Å²) in [5.41, 5.74) is 0.916. The molecule has 0 aliphatic heterocycles. The van der Waals surface area contributed by atoms with Crippen molar-refractivity contribution in [2.24, 2.45) is 0 Å². The molecule has 2 rings (SSSR count). The first kappa shape index (κ1) is 12.6. The van der Waals surface area contributed by atoms with Gasteiger partial charge in [0.2, 0.25) is 0 Å². The van der Waals surface area contributed by atoms with Crippen LogP contribution in [-0.4, -0.2) is 22.2 Å². The van der Waals surface area contributed by atoms with Crippen LogP contribution in [0.1, 0.15) is 18.0 Å². The number of nitro benzene ring substituents is 1. The standard InChI is InChI=1S/C11H12N4O2S/c1-7(12-2)10-13-14-11(18-10)8-3-5-9(6-4-8)15(16)17/h3-7,12H,1-2H3. The Hall–Kier alpha value is -1.86. The van der Waals surface area contributed by atoms with Crippen LogP contribution in [0.25, 0.3) is 10.6 Å². The summed E-state index contributed by atoms with van der Waals surface area (Å²) in [6.07, 6.45) is 0. The molecule has 7 heteroatoms. The van der Waals surface area contributed by atoms with Crippen molar-refractivity contribution >= 4 is 17.0 Å². The fourth-order valence-electron chi connectivity index (χ4n) is 1.38. The number of hydrogen-bond donors (Lipinski definition) is 1. The van der Waals surface area contributed by atoms with E-state index in [2.05, 4.69) is 15.5 Å². The first-order chi connectivity index (χ1) is 8.61. The highest BCUT2D eigenvalue weighted by atomic mass is 32.1. The fourth-order valence-corrected chi connectivity index (χ4v) is 2.29. The van der Waals surface area contributed by atoms with Crippen LogP contribution >= 0.6 is 11.3 Å². The SMILES string of the molecule is CNC(C)c1nnc(-c2ccc([N+](=O)[O-])cc2)s1. The predicted molar refractivity (Wildman–Crippen MR) is 69.5 cm³/mol. The van der Waals surface area contributed by atoms with Crippen molar-refractivity contribution in [1.82, 2.24) is 15.5 Å². The normalized spacial score (nSPS) is 12.3. The molecule has 1 atom stereocenters. The van der Waals surface area contributed by atoms with Crippen molar-refractivity contribution < 1.29 is 4.92 Å². The molecule has 1 unspecified atom stereocenters. The largest absolute Gasteiger partial charge is 0.311 e. The van der Waals surface area contributed by atoms with Gasteiger partial charge >= 0.3 is 0 Å². The van der Waals surface area contributed by atoms with Gasteiger partial charge in [0.1, 0.15) is 10.0 Å². The van der Waals surface area contributed by atoms with Crippen molar-refractivity contribution in [3.8, 4) is 10.6 Å². The van der Waals surface area contributed by atoms with Gasteiger partial charge in [-0.2, -0.15) is 0 Å². The number of hydrogen-bond acceptors (Lipinski definition) is 6. The first-order valence-electron chi connectivity index (χ1n) is 5.37. The molecule has 0 aliphatic carbocycles. The van der Waals surface area contributed by atoms with E-state index in [-0.39, 0.29) is 11.7 Å². The molecule has 0 radical (unpaired) electrons. The first-order valence-corrected chi connectivity index (χ1v) is 6.19. The molecule has 1 heterocycles. The fraction of sp³-hybridized carbons (Fsp3) is 0.273. The number of benzene rings is 1. The average Bonchev–Trinajstić information content (AvgIpc) is 2.87. The molecular weight excluding hydrogens is 252 g/mol. The zero-order chi connectivity index (χ0) is 13.1. The van der Waals surface area contributed by atoms with E-state index in [1.165, 1.54) is 23.5 Å². The van der Waals surface area contributed by atoms with Crippen molar-refractivity contribution in [2.45, 2.75) is 13.0 Å². The summed E-state index contributed by atoms with van der Waals surface area (Å²) in [6.45, 7) is 2.00.